The molecule has 0 radical (unpaired) electrons. The van der Waals surface area contributed by atoms with Crippen LogP contribution < -0.4 is 4.74 Å². The van der Waals surface area contributed by atoms with Crippen molar-refractivity contribution in [1.29, 1.82) is 0 Å². The molecule has 0 fully saturated rings. The number of ether oxygens (including phenoxy) is 1. The maximum atomic E-state index is 10.9. The van der Waals surface area contributed by atoms with Gasteiger partial charge in [0.05, 0.1) is 17.7 Å². The molecule has 2 rings (SSSR count). The molecule has 0 amide bonds. The number of pyridine rings is 1. The monoisotopic (exact) mass is 246 g/mol. The molecule has 2 aromatic rings. The van der Waals surface area contributed by atoms with Crippen molar-refractivity contribution in [1.82, 2.24) is 15.0 Å². The number of hydrogen-bond donors (Lipinski definition) is 0. The van der Waals surface area contributed by atoms with Crippen LogP contribution in [0.25, 0.3) is 11.3 Å². The molecule has 0 saturated carbocycles. The normalized spacial score (nSPS) is 10.1. The quantitative estimate of drug-likeness (QED) is 0.605. The molecule has 0 aliphatic rings. The number of aromatic nitrogens is 3. The van der Waals surface area contributed by atoms with Crippen LogP contribution >= 0.6 is 0 Å². The highest BCUT2D eigenvalue weighted by molar-refractivity contribution is 5.63. The van der Waals surface area contributed by atoms with Crippen molar-refractivity contribution in [2.45, 2.75) is 6.92 Å². The summed E-state index contributed by atoms with van der Waals surface area (Å²) >= 11 is 0. The topological polar surface area (TPSA) is 91.0 Å². The van der Waals surface area contributed by atoms with E-state index in [0.717, 1.165) is 0 Å². The van der Waals surface area contributed by atoms with Crippen LogP contribution in [0.2, 0.25) is 0 Å². The largest absolute Gasteiger partial charge is 0.476 e. The second kappa shape index (κ2) is 4.74. The Kier molecular flexibility index (Phi) is 3.13. The Balaban J connectivity index is 2.53. The van der Waals surface area contributed by atoms with Crippen molar-refractivity contribution in [2.75, 3.05) is 7.11 Å². The van der Waals surface area contributed by atoms with Gasteiger partial charge < -0.3 is 4.74 Å². The molecule has 0 aliphatic heterocycles. The minimum absolute atomic E-state index is 0.0190. The molecule has 0 N–H and O–H groups in total. The van der Waals surface area contributed by atoms with E-state index in [4.69, 9.17) is 4.74 Å². The highest BCUT2D eigenvalue weighted by Crippen LogP contribution is 2.28. The first-order valence-electron chi connectivity index (χ1n) is 5.10. The lowest BCUT2D eigenvalue weighted by Gasteiger charge is -2.04. The van der Waals surface area contributed by atoms with E-state index in [2.05, 4.69) is 15.0 Å². The molecule has 0 spiro atoms. The van der Waals surface area contributed by atoms with E-state index in [0.29, 0.717) is 17.1 Å². The van der Waals surface area contributed by atoms with Gasteiger partial charge in [0, 0.05) is 24.0 Å². The third-order valence-corrected chi connectivity index (χ3v) is 2.29. The summed E-state index contributed by atoms with van der Waals surface area (Å²) in [4.78, 5) is 22.4. The van der Waals surface area contributed by atoms with Gasteiger partial charge in [0.1, 0.15) is 5.82 Å². The van der Waals surface area contributed by atoms with Gasteiger partial charge in [-0.05, 0) is 13.0 Å². The van der Waals surface area contributed by atoms with Gasteiger partial charge in [-0.25, -0.2) is 15.0 Å². The van der Waals surface area contributed by atoms with Crippen molar-refractivity contribution in [3.05, 3.63) is 40.5 Å². The molecule has 7 heteroatoms. The van der Waals surface area contributed by atoms with Gasteiger partial charge in [-0.2, -0.15) is 0 Å². The molecule has 7 nitrogen and oxygen atoms in total. The first kappa shape index (κ1) is 11.9. The summed E-state index contributed by atoms with van der Waals surface area (Å²) < 4.78 is 4.84. The second-order valence-corrected chi connectivity index (χ2v) is 3.50. The molecule has 0 bridgehead atoms. The Morgan fingerprint density at radius 2 is 2.17 bits per heavy atom. The number of rotatable bonds is 3. The van der Waals surface area contributed by atoms with Crippen LogP contribution in [0.4, 0.5) is 5.69 Å². The van der Waals surface area contributed by atoms with Gasteiger partial charge in [0.2, 0.25) is 0 Å². The van der Waals surface area contributed by atoms with E-state index in [1.165, 1.54) is 19.4 Å². The Labute approximate surface area is 103 Å². The van der Waals surface area contributed by atoms with E-state index in [-0.39, 0.29) is 11.6 Å². The number of hydrogen-bond acceptors (Lipinski definition) is 6. The molecule has 92 valence electrons. The van der Waals surface area contributed by atoms with Crippen LogP contribution in [0.5, 0.6) is 5.88 Å². The van der Waals surface area contributed by atoms with Gasteiger partial charge in [0.25, 0.3) is 5.88 Å². The van der Waals surface area contributed by atoms with Crippen LogP contribution in [0, 0.1) is 17.0 Å². The summed E-state index contributed by atoms with van der Waals surface area (Å²) in [6.45, 7) is 1.74. The summed E-state index contributed by atoms with van der Waals surface area (Å²) in [5.74, 6) is 0.570. The molecule has 0 saturated heterocycles. The summed E-state index contributed by atoms with van der Waals surface area (Å²) in [6.07, 6.45) is 3.07. The average molecular weight is 246 g/mol. The maximum Gasteiger partial charge on any atom is 0.331 e. The van der Waals surface area contributed by atoms with Crippen molar-refractivity contribution in [3.8, 4) is 17.1 Å². The predicted molar refractivity (Wildman–Crippen MR) is 63.2 cm³/mol. The lowest BCUT2D eigenvalue weighted by Crippen LogP contribution is -1.98. The second-order valence-electron chi connectivity index (χ2n) is 3.50. The fourth-order valence-corrected chi connectivity index (χ4v) is 1.49. The Morgan fingerprint density at radius 3 is 2.78 bits per heavy atom. The lowest BCUT2D eigenvalue weighted by molar-refractivity contribution is -0.386. The highest BCUT2D eigenvalue weighted by Gasteiger charge is 2.18. The van der Waals surface area contributed by atoms with Gasteiger partial charge in [-0.15, -0.1) is 0 Å². The Hall–Kier alpha value is -2.57. The van der Waals surface area contributed by atoms with Gasteiger partial charge in [0.15, 0.2) is 0 Å². The van der Waals surface area contributed by atoms with E-state index in [1.807, 2.05) is 0 Å². The summed E-state index contributed by atoms with van der Waals surface area (Å²) in [6, 6.07) is 3.05. The van der Waals surface area contributed by atoms with Crippen LogP contribution in [-0.4, -0.2) is 27.0 Å². The summed E-state index contributed by atoms with van der Waals surface area (Å²) in [7, 11) is 1.34. The minimum atomic E-state index is -0.538. The Morgan fingerprint density at radius 1 is 1.39 bits per heavy atom. The number of nitro groups is 1. The molecule has 0 atom stereocenters. The zero-order valence-electron chi connectivity index (χ0n) is 9.82. The molecule has 18 heavy (non-hydrogen) atoms. The summed E-state index contributed by atoms with van der Waals surface area (Å²) in [5, 5.41) is 10.9. The van der Waals surface area contributed by atoms with Crippen LogP contribution in [0.3, 0.4) is 0 Å². The molecule has 0 aromatic carbocycles. The first-order chi connectivity index (χ1) is 8.61. The molecular weight excluding hydrogens is 236 g/mol. The van der Waals surface area contributed by atoms with Gasteiger partial charge >= 0.3 is 5.69 Å². The van der Waals surface area contributed by atoms with Crippen LogP contribution in [-0.2, 0) is 0 Å². The molecule has 0 aliphatic carbocycles. The fraction of sp³-hybridized carbons (Fsp3) is 0.182. The Bertz CT molecular complexity index is 601. The van der Waals surface area contributed by atoms with Gasteiger partial charge in [-0.1, -0.05) is 0 Å². The standard InChI is InChI=1S/C11H10N4O3/c1-7-12-4-3-9(14-7)8-5-10(15(16)17)11(18-2)13-6-8/h3-6H,1-2H3. The number of nitrogens with zero attached hydrogens (tertiary/aromatic N) is 4. The highest BCUT2D eigenvalue weighted by atomic mass is 16.6. The molecule has 2 aromatic heterocycles. The lowest BCUT2D eigenvalue weighted by atomic mass is 10.2. The van der Waals surface area contributed by atoms with Crippen molar-refractivity contribution in [2.24, 2.45) is 0 Å². The predicted octanol–water partition coefficient (Wildman–Crippen LogP) is 1.76. The van der Waals surface area contributed by atoms with Crippen LogP contribution in [0.1, 0.15) is 5.82 Å². The van der Waals surface area contributed by atoms with Crippen LogP contribution in [0.15, 0.2) is 24.5 Å². The van der Waals surface area contributed by atoms with Crippen molar-refractivity contribution < 1.29 is 9.66 Å². The third-order valence-electron chi connectivity index (χ3n) is 2.29. The van der Waals surface area contributed by atoms with E-state index < -0.39 is 4.92 Å². The zero-order chi connectivity index (χ0) is 13.1. The first-order valence-corrected chi connectivity index (χ1v) is 5.10. The minimum Gasteiger partial charge on any atom is -0.476 e. The number of methoxy groups -OCH3 is 1. The van der Waals surface area contributed by atoms with E-state index >= 15 is 0 Å². The average Bonchev–Trinajstić information content (AvgIpc) is 2.38. The van der Waals surface area contributed by atoms with Gasteiger partial charge in [-0.3, -0.25) is 10.1 Å². The molecular formula is C11H10N4O3. The van der Waals surface area contributed by atoms with Crippen molar-refractivity contribution in [3.63, 3.8) is 0 Å². The fourth-order valence-electron chi connectivity index (χ4n) is 1.49. The maximum absolute atomic E-state index is 10.9. The zero-order valence-corrected chi connectivity index (χ0v) is 9.82. The molecule has 2 heterocycles. The smallest absolute Gasteiger partial charge is 0.331 e. The van der Waals surface area contributed by atoms with E-state index in [1.54, 1.807) is 19.2 Å². The SMILES string of the molecule is COc1ncc(-c2ccnc(C)n2)cc1[N+](=O)[O-]. The molecule has 0 unspecified atom stereocenters. The van der Waals surface area contributed by atoms with Crippen molar-refractivity contribution >= 4 is 5.69 Å². The third kappa shape index (κ3) is 2.24. The van der Waals surface area contributed by atoms with E-state index in [9.17, 15) is 10.1 Å². The summed E-state index contributed by atoms with van der Waals surface area (Å²) in [5.41, 5.74) is 0.944. The number of aryl methyl sites for hydroxylation is 1.